The molecule has 0 aromatic heterocycles. The molecule has 1 aromatic carbocycles. The van der Waals surface area contributed by atoms with Gasteiger partial charge in [0.25, 0.3) is 11.4 Å². The molecule has 0 heterocycles. The molecule has 116 valence electrons. The van der Waals surface area contributed by atoms with Crippen LogP contribution in [-0.2, 0) is 0 Å². The van der Waals surface area contributed by atoms with E-state index < -0.39 is 9.85 Å². The molecule has 0 amide bonds. The minimum atomic E-state index is -0.629. The van der Waals surface area contributed by atoms with Gasteiger partial charge in [0.2, 0.25) is 0 Å². The maximum Gasteiger partial charge on any atom is 0.278 e. The molecule has 0 spiro atoms. The number of nitrogens with zero attached hydrogens (tertiary/aromatic N) is 2. The van der Waals surface area contributed by atoms with E-state index in [4.69, 9.17) is 0 Å². The Morgan fingerprint density at radius 2 is 1.67 bits per heavy atom. The first-order valence-corrected chi connectivity index (χ1v) is 7.95. The summed E-state index contributed by atoms with van der Waals surface area (Å²) in [4.78, 5) is 20.3. The number of unbranched alkanes of at least 4 members (excludes halogenated alkanes) is 3. The zero-order chi connectivity index (χ0) is 15.7. The molecule has 21 heavy (non-hydrogen) atoms. The standard InChI is InChI=1S/C13H19N3O4S/c1-2-3-4-5-6-21-10-14-11-7-12(15(17)18)9-13(8-11)16(19)20/h7-9,14H,2-6,10H2,1H3. The molecular weight excluding hydrogens is 294 g/mol. The van der Waals surface area contributed by atoms with Gasteiger partial charge in [0.15, 0.2) is 0 Å². The summed E-state index contributed by atoms with van der Waals surface area (Å²) >= 11 is 1.68. The van der Waals surface area contributed by atoms with E-state index >= 15 is 0 Å². The maximum atomic E-state index is 10.8. The lowest BCUT2D eigenvalue weighted by atomic mass is 10.2. The van der Waals surface area contributed by atoms with Gasteiger partial charge in [0, 0.05) is 17.8 Å². The van der Waals surface area contributed by atoms with E-state index in [1.54, 1.807) is 11.8 Å². The third-order valence-corrected chi connectivity index (χ3v) is 3.77. The second-order valence-electron chi connectivity index (χ2n) is 4.54. The van der Waals surface area contributed by atoms with Crippen LogP contribution in [-0.4, -0.2) is 21.5 Å². The Morgan fingerprint density at radius 1 is 1.05 bits per heavy atom. The maximum absolute atomic E-state index is 10.8. The number of non-ortho nitro benzene ring substituents is 2. The molecule has 0 aliphatic rings. The van der Waals surface area contributed by atoms with Crippen molar-refractivity contribution in [1.29, 1.82) is 0 Å². The van der Waals surface area contributed by atoms with Crippen molar-refractivity contribution in [2.75, 3.05) is 16.9 Å². The Hall–Kier alpha value is -1.83. The molecule has 7 nitrogen and oxygen atoms in total. The summed E-state index contributed by atoms with van der Waals surface area (Å²) in [7, 11) is 0. The Labute approximate surface area is 127 Å². The van der Waals surface area contributed by atoms with E-state index in [2.05, 4.69) is 12.2 Å². The molecule has 0 unspecified atom stereocenters. The van der Waals surface area contributed by atoms with Crippen LogP contribution < -0.4 is 5.32 Å². The number of thioether (sulfide) groups is 1. The van der Waals surface area contributed by atoms with Gasteiger partial charge < -0.3 is 5.32 Å². The Kier molecular flexibility index (Phi) is 7.52. The van der Waals surface area contributed by atoms with Crippen molar-refractivity contribution in [3.8, 4) is 0 Å². The van der Waals surface area contributed by atoms with Crippen molar-refractivity contribution in [2.45, 2.75) is 32.6 Å². The average Bonchev–Trinajstić information content (AvgIpc) is 2.46. The van der Waals surface area contributed by atoms with Crippen LogP contribution in [0.1, 0.15) is 32.6 Å². The molecule has 0 aliphatic heterocycles. The highest BCUT2D eigenvalue weighted by Crippen LogP contribution is 2.26. The van der Waals surface area contributed by atoms with E-state index in [0.29, 0.717) is 11.6 Å². The average molecular weight is 313 g/mol. The Morgan fingerprint density at radius 3 is 2.19 bits per heavy atom. The fourth-order valence-corrected chi connectivity index (χ4v) is 2.57. The first-order chi connectivity index (χ1) is 10.0. The van der Waals surface area contributed by atoms with Crippen LogP contribution in [0.3, 0.4) is 0 Å². The van der Waals surface area contributed by atoms with Crippen LogP contribution in [0.4, 0.5) is 17.1 Å². The van der Waals surface area contributed by atoms with Gasteiger partial charge in [-0.05, 0) is 12.2 Å². The number of nitrogens with one attached hydrogen (secondary N) is 1. The van der Waals surface area contributed by atoms with Crippen molar-refractivity contribution < 1.29 is 9.85 Å². The molecule has 0 fully saturated rings. The van der Waals surface area contributed by atoms with Gasteiger partial charge in [0.1, 0.15) is 0 Å². The monoisotopic (exact) mass is 313 g/mol. The normalized spacial score (nSPS) is 10.3. The number of rotatable bonds is 10. The van der Waals surface area contributed by atoms with Crippen LogP contribution >= 0.6 is 11.8 Å². The molecule has 0 radical (unpaired) electrons. The van der Waals surface area contributed by atoms with Crippen LogP contribution in [0.5, 0.6) is 0 Å². The predicted octanol–water partition coefficient (Wildman–Crippen LogP) is 4.19. The summed E-state index contributed by atoms with van der Waals surface area (Å²) in [6.45, 7) is 2.16. The molecule has 8 heteroatoms. The summed E-state index contributed by atoms with van der Waals surface area (Å²) in [6.07, 6.45) is 4.76. The SMILES string of the molecule is CCCCCCSCNc1cc([N+](=O)[O-])cc([N+](=O)[O-])c1. The molecule has 0 saturated heterocycles. The Bertz CT molecular complexity index is 464. The van der Waals surface area contributed by atoms with Crippen molar-refractivity contribution in [1.82, 2.24) is 0 Å². The van der Waals surface area contributed by atoms with Crippen molar-refractivity contribution >= 4 is 28.8 Å². The second-order valence-corrected chi connectivity index (χ2v) is 5.65. The topological polar surface area (TPSA) is 98.3 Å². The summed E-state index contributed by atoms with van der Waals surface area (Å²) < 4.78 is 0. The Balaban J connectivity index is 2.50. The van der Waals surface area contributed by atoms with Gasteiger partial charge in [-0.25, -0.2) is 0 Å². The van der Waals surface area contributed by atoms with Crippen LogP contribution in [0.15, 0.2) is 18.2 Å². The number of nitro groups is 2. The fraction of sp³-hybridized carbons (Fsp3) is 0.538. The number of anilines is 1. The van der Waals surface area contributed by atoms with Gasteiger partial charge in [-0.2, -0.15) is 0 Å². The first-order valence-electron chi connectivity index (χ1n) is 6.80. The first kappa shape index (κ1) is 17.2. The summed E-state index contributed by atoms with van der Waals surface area (Å²) in [5, 5.41) is 24.5. The third-order valence-electron chi connectivity index (χ3n) is 2.84. The lowest BCUT2D eigenvalue weighted by Crippen LogP contribution is -2.01. The van der Waals surface area contributed by atoms with E-state index in [1.165, 1.54) is 31.4 Å². The van der Waals surface area contributed by atoms with Gasteiger partial charge in [-0.1, -0.05) is 26.2 Å². The fourth-order valence-electron chi connectivity index (χ4n) is 1.75. The molecule has 0 bridgehead atoms. The largest absolute Gasteiger partial charge is 0.376 e. The van der Waals surface area contributed by atoms with Crippen molar-refractivity contribution in [3.05, 3.63) is 38.4 Å². The van der Waals surface area contributed by atoms with E-state index in [9.17, 15) is 20.2 Å². The van der Waals surface area contributed by atoms with Gasteiger partial charge in [-0.15, -0.1) is 11.8 Å². The summed E-state index contributed by atoms with van der Waals surface area (Å²) in [5.74, 6) is 1.58. The molecular formula is C13H19N3O4S. The molecule has 1 rings (SSSR count). The van der Waals surface area contributed by atoms with E-state index in [-0.39, 0.29) is 11.4 Å². The van der Waals surface area contributed by atoms with Crippen molar-refractivity contribution in [2.24, 2.45) is 0 Å². The number of hydrogen-bond acceptors (Lipinski definition) is 6. The molecule has 1 aromatic rings. The zero-order valence-electron chi connectivity index (χ0n) is 11.9. The molecule has 0 atom stereocenters. The smallest absolute Gasteiger partial charge is 0.278 e. The molecule has 0 saturated carbocycles. The number of benzene rings is 1. The zero-order valence-corrected chi connectivity index (χ0v) is 12.7. The highest BCUT2D eigenvalue weighted by molar-refractivity contribution is 7.99. The second kappa shape index (κ2) is 9.17. The lowest BCUT2D eigenvalue weighted by molar-refractivity contribution is -0.394. The molecule has 1 N–H and O–H groups in total. The van der Waals surface area contributed by atoms with Gasteiger partial charge in [-0.3, -0.25) is 20.2 Å². The highest BCUT2D eigenvalue weighted by atomic mass is 32.2. The van der Waals surface area contributed by atoms with Crippen LogP contribution in [0.2, 0.25) is 0 Å². The minimum Gasteiger partial charge on any atom is -0.376 e. The van der Waals surface area contributed by atoms with E-state index in [0.717, 1.165) is 18.2 Å². The lowest BCUT2D eigenvalue weighted by Gasteiger charge is -2.06. The number of nitro benzene ring substituents is 2. The quantitative estimate of drug-likeness (QED) is 0.301. The molecule has 0 aliphatic carbocycles. The summed E-state index contributed by atoms with van der Waals surface area (Å²) in [5.41, 5.74) is -0.156. The van der Waals surface area contributed by atoms with Gasteiger partial charge in [0.05, 0.1) is 21.8 Å². The minimum absolute atomic E-state index is 0.278. The van der Waals surface area contributed by atoms with E-state index in [1.807, 2.05) is 0 Å². The van der Waals surface area contributed by atoms with Crippen molar-refractivity contribution in [3.63, 3.8) is 0 Å². The van der Waals surface area contributed by atoms with Gasteiger partial charge >= 0.3 is 0 Å². The third kappa shape index (κ3) is 6.44. The van der Waals surface area contributed by atoms with Crippen LogP contribution in [0.25, 0.3) is 0 Å². The predicted molar refractivity (Wildman–Crippen MR) is 84.8 cm³/mol. The van der Waals surface area contributed by atoms with Crippen LogP contribution in [0, 0.1) is 20.2 Å². The number of hydrogen-bond donors (Lipinski definition) is 1. The summed E-state index contributed by atoms with van der Waals surface area (Å²) in [6, 6.07) is 3.58. The highest BCUT2D eigenvalue weighted by Gasteiger charge is 2.16.